The average Bonchev–Trinajstić information content (AvgIpc) is 2.36. The summed E-state index contributed by atoms with van der Waals surface area (Å²) in [6, 6.07) is 3.74. The lowest BCUT2D eigenvalue weighted by molar-refractivity contribution is 0.0693. The summed E-state index contributed by atoms with van der Waals surface area (Å²) in [6.45, 7) is 5.37. The van der Waals surface area contributed by atoms with E-state index in [1.165, 1.54) is 19.2 Å². The van der Waals surface area contributed by atoms with E-state index >= 15 is 0 Å². The molecule has 0 spiro atoms. The summed E-state index contributed by atoms with van der Waals surface area (Å²) >= 11 is 0. The van der Waals surface area contributed by atoms with E-state index in [2.05, 4.69) is 4.72 Å². The maximum atomic E-state index is 12.2. The molecule has 2 N–H and O–H groups in total. The number of carbonyl (C=O) groups is 1. The number of nitrogens with one attached hydrogen (secondary N) is 1. The van der Waals surface area contributed by atoms with Crippen LogP contribution in [0.25, 0.3) is 0 Å². The molecule has 1 aromatic carbocycles. The van der Waals surface area contributed by atoms with Crippen LogP contribution in [0.1, 0.15) is 37.6 Å². The lowest BCUT2D eigenvalue weighted by atomic mass is 10.0. The molecule has 0 fully saturated rings. The van der Waals surface area contributed by atoms with E-state index in [1.807, 2.05) is 6.92 Å². The smallest absolute Gasteiger partial charge is 0.339 e. The van der Waals surface area contributed by atoms with Crippen molar-refractivity contribution in [3.05, 3.63) is 23.8 Å². The molecule has 0 saturated carbocycles. The molecule has 0 atom stereocenters. The highest BCUT2D eigenvalue weighted by Gasteiger charge is 2.26. The van der Waals surface area contributed by atoms with E-state index in [0.717, 1.165) is 6.07 Å². The molecule has 0 bridgehead atoms. The lowest BCUT2D eigenvalue weighted by Crippen LogP contribution is -2.42. The molecule has 20 heavy (non-hydrogen) atoms. The van der Waals surface area contributed by atoms with Crippen LogP contribution >= 0.6 is 0 Å². The topological polar surface area (TPSA) is 92.7 Å². The standard InChI is InChI=1S/C13H19NO5S/c1-5-13(2,3)14-20(17,18)9-6-7-11(19-4)10(8-9)12(15)16/h6-8,14H,5H2,1-4H3,(H,15,16). The number of ether oxygens (including phenoxy) is 1. The van der Waals surface area contributed by atoms with Gasteiger partial charge in [0.05, 0.1) is 12.0 Å². The first-order valence-corrected chi connectivity index (χ1v) is 7.56. The number of methoxy groups -OCH3 is 1. The molecular weight excluding hydrogens is 282 g/mol. The molecular formula is C13H19NO5S. The molecule has 0 aromatic heterocycles. The first kappa shape index (κ1) is 16.5. The Morgan fingerprint density at radius 3 is 2.45 bits per heavy atom. The van der Waals surface area contributed by atoms with Gasteiger partial charge in [-0.2, -0.15) is 0 Å². The Bertz CT molecular complexity index is 607. The predicted octanol–water partition coefficient (Wildman–Crippen LogP) is 1.86. The minimum Gasteiger partial charge on any atom is -0.496 e. The predicted molar refractivity (Wildman–Crippen MR) is 74.6 cm³/mol. The zero-order valence-electron chi connectivity index (χ0n) is 11.9. The van der Waals surface area contributed by atoms with Crippen LogP contribution in [0.3, 0.4) is 0 Å². The van der Waals surface area contributed by atoms with Crippen LogP contribution in [0.5, 0.6) is 5.75 Å². The van der Waals surface area contributed by atoms with Crippen LogP contribution < -0.4 is 9.46 Å². The lowest BCUT2D eigenvalue weighted by Gasteiger charge is -2.24. The molecule has 1 rings (SSSR count). The maximum absolute atomic E-state index is 12.2. The van der Waals surface area contributed by atoms with Gasteiger partial charge in [-0.05, 0) is 38.5 Å². The highest BCUT2D eigenvalue weighted by atomic mass is 32.2. The van der Waals surface area contributed by atoms with Gasteiger partial charge in [-0.25, -0.2) is 17.9 Å². The summed E-state index contributed by atoms with van der Waals surface area (Å²) in [4.78, 5) is 11.0. The van der Waals surface area contributed by atoms with Crippen molar-refractivity contribution >= 4 is 16.0 Å². The van der Waals surface area contributed by atoms with Crippen LogP contribution in [0, 0.1) is 0 Å². The second-order valence-electron chi connectivity index (χ2n) is 5.01. The van der Waals surface area contributed by atoms with E-state index in [0.29, 0.717) is 6.42 Å². The van der Waals surface area contributed by atoms with E-state index < -0.39 is 21.5 Å². The molecule has 0 amide bonds. The van der Waals surface area contributed by atoms with Crippen molar-refractivity contribution in [1.82, 2.24) is 4.72 Å². The van der Waals surface area contributed by atoms with Gasteiger partial charge in [-0.3, -0.25) is 0 Å². The number of rotatable bonds is 6. The number of carboxylic acids is 1. The van der Waals surface area contributed by atoms with Gasteiger partial charge in [0.2, 0.25) is 10.0 Å². The molecule has 0 unspecified atom stereocenters. The molecule has 7 heteroatoms. The largest absolute Gasteiger partial charge is 0.496 e. The first-order chi connectivity index (χ1) is 9.13. The Morgan fingerprint density at radius 2 is 2.00 bits per heavy atom. The van der Waals surface area contributed by atoms with Gasteiger partial charge in [0.1, 0.15) is 11.3 Å². The summed E-state index contributed by atoms with van der Waals surface area (Å²) in [5, 5.41) is 9.07. The Balaban J connectivity index is 3.27. The number of aromatic carboxylic acids is 1. The van der Waals surface area contributed by atoms with Crippen molar-refractivity contribution in [2.24, 2.45) is 0 Å². The van der Waals surface area contributed by atoms with Crippen molar-refractivity contribution in [2.45, 2.75) is 37.6 Å². The molecule has 0 aliphatic carbocycles. The molecule has 0 radical (unpaired) electrons. The Labute approximate surface area is 118 Å². The van der Waals surface area contributed by atoms with E-state index in [9.17, 15) is 13.2 Å². The summed E-state index contributed by atoms with van der Waals surface area (Å²) < 4.78 is 31.9. The van der Waals surface area contributed by atoms with Gasteiger partial charge in [0.15, 0.2) is 0 Å². The number of hydrogen-bond acceptors (Lipinski definition) is 4. The van der Waals surface area contributed by atoms with Gasteiger partial charge >= 0.3 is 5.97 Å². The minimum absolute atomic E-state index is 0.0998. The van der Waals surface area contributed by atoms with Crippen molar-refractivity contribution in [3.63, 3.8) is 0 Å². The van der Waals surface area contributed by atoms with Crippen LogP contribution in [0.15, 0.2) is 23.1 Å². The quantitative estimate of drug-likeness (QED) is 0.836. The number of carboxylic acid groups (broad SMARTS) is 1. The Morgan fingerprint density at radius 1 is 1.40 bits per heavy atom. The van der Waals surface area contributed by atoms with E-state index in [4.69, 9.17) is 9.84 Å². The maximum Gasteiger partial charge on any atom is 0.339 e. The second kappa shape index (κ2) is 5.80. The molecule has 0 saturated heterocycles. The first-order valence-electron chi connectivity index (χ1n) is 6.08. The van der Waals surface area contributed by atoms with Gasteiger partial charge in [-0.15, -0.1) is 0 Å². The van der Waals surface area contributed by atoms with Gasteiger partial charge in [0, 0.05) is 5.54 Å². The van der Waals surface area contributed by atoms with Crippen LogP contribution in [-0.2, 0) is 10.0 Å². The third-order valence-corrected chi connectivity index (χ3v) is 4.70. The summed E-state index contributed by atoms with van der Waals surface area (Å²) in [7, 11) is -2.45. The molecule has 1 aromatic rings. The monoisotopic (exact) mass is 301 g/mol. The summed E-state index contributed by atoms with van der Waals surface area (Å²) in [5.41, 5.74) is -0.799. The van der Waals surface area contributed by atoms with Gasteiger partial charge in [-0.1, -0.05) is 6.92 Å². The number of sulfonamides is 1. The molecule has 112 valence electrons. The number of benzene rings is 1. The SMILES string of the molecule is CCC(C)(C)NS(=O)(=O)c1ccc(OC)c(C(=O)O)c1. The van der Waals surface area contributed by atoms with Crippen LogP contribution in [0.4, 0.5) is 0 Å². The summed E-state index contributed by atoms with van der Waals surface area (Å²) in [6.07, 6.45) is 0.605. The van der Waals surface area contributed by atoms with Crippen molar-refractivity contribution in [3.8, 4) is 5.75 Å². The molecule has 0 aliphatic rings. The van der Waals surface area contributed by atoms with Crippen molar-refractivity contribution in [1.29, 1.82) is 0 Å². The fourth-order valence-electron chi connectivity index (χ4n) is 1.52. The van der Waals surface area contributed by atoms with Crippen molar-refractivity contribution in [2.75, 3.05) is 7.11 Å². The van der Waals surface area contributed by atoms with Crippen molar-refractivity contribution < 1.29 is 23.1 Å². The third kappa shape index (κ3) is 3.71. The zero-order chi connectivity index (χ0) is 15.6. The molecule has 0 heterocycles. The van der Waals surface area contributed by atoms with Gasteiger partial charge in [0.25, 0.3) is 0 Å². The fourth-order valence-corrected chi connectivity index (χ4v) is 3.03. The Kier molecular flexibility index (Phi) is 4.77. The molecule has 6 nitrogen and oxygen atoms in total. The highest BCUT2D eigenvalue weighted by molar-refractivity contribution is 7.89. The molecule has 0 aliphatic heterocycles. The summed E-state index contributed by atoms with van der Waals surface area (Å²) in [5.74, 6) is -1.13. The van der Waals surface area contributed by atoms with Crippen LogP contribution in [-0.4, -0.2) is 32.1 Å². The third-order valence-electron chi connectivity index (χ3n) is 3.01. The van der Waals surface area contributed by atoms with E-state index in [1.54, 1.807) is 13.8 Å². The van der Waals surface area contributed by atoms with Crippen LogP contribution in [0.2, 0.25) is 0 Å². The zero-order valence-corrected chi connectivity index (χ0v) is 12.7. The fraction of sp³-hybridized carbons (Fsp3) is 0.462. The Hall–Kier alpha value is -1.60. The highest BCUT2D eigenvalue weighted by Crippen LogP contribution is 2.23. The average molecular weight is 301 g/mol. The normalized spacial score (nSPS) is 12.2. The van der Waals surface area contributed by atoms with Gasteiger partial charge < -0.3 is 9.84 Å². The minimum atomic E-state index is -3.78. The van der Waals surface area contributed by atoms with E-state index in [-0.39, 0.29) is 16.2 Å². The second-order valence-corrected chi connectivity index (χ2v) is 6.69. The number of hydrogen-bond donors (Lipinski definition) is 2.